The summed E-state index contributed by atoms with van der Waals surface area (Å²) < 4.78 is 6.32. The van der Waals surface area contributed by atoms with E-state index in [1.54, 1.807) is 18.4 Å². The number of benzene rings is 3. The van der Waals surface area contributed by atoms with Crippen LogP contribution < -0.4 is 10.5 Å². The number of aliphatic imine (C=N–C) groups is 1. The van der Waals surface area contributed by atoms with Crippen LogP contribution in [-0.2, 0) is 21.5 Å². The van der Waals surface area contributed by atoms with Crippen molar-refractivity contribution in [2.75, 3.05) is 13.2 Å². The van der Waals surface area contributed by atoms with Crippen molar-refractivity contribution in [3.05, 3.63) is 77.9 Å². The van der Waals surface area contributed by atoms with Gasteiger partial charge in [-0.3, -0.25) is 14.6 Å². The highest BCUT2D eigenvalue weighted by atomic mass is 16.5. The maximum absolute atomic E-state index is 12.7. The summed E-state index contributed by atoms with van der Waals surface area (Å²) in [4.78, 5) is 28.3. The lowest BCUT2D eigenvalue weighted by Gasteiger charge is -2.23. The predicted octanol–water partition coefficient (Wildman–Crippen LogP) is 5.46. The molecule has 3 aromatic carbocycles. The van der Waals surface area contributed by atoms with Gasteiger partial charge >= 0.3 is 5.97 Å². The van der Waals surface area contributed by atoms with Gasteiger partial charge in [0, 0.05) is 18.2 Å². The highest BCUT2D eigenvalue weighted by molar-refractivity contribution is 5.99. The number of rotatable bonds is 10. The fourth-order valence-corrected chi connectivity index (χ4v) is 5.41. The standard InChI is InChI=1S/C31H32N2O4/c32-19-29(34)31(14-3-15-33-31)26-11-10-23-17-25(9-8-24(23)18-26)27-16-21(7-13-30(35)36)6-12-28(27)37-20-22-4-1-2-5-22/h3,6,8-12,14-18,22H,1-2,4-5,7,13,19-20,32H2,(H,35,36). The Morgan fingerprint density at radius 1 is 1.03 bits per heavy atom. The van der Waals surface area contributed by atoms with E-state index >= 15 is 0 Å². The number of nitrogens with zero attached hydrogens (tertiary/aromatic N) is 1. The van der Waals surface area contributed by atoms with Gasteiger partial charge in [0.1, 0.15) is 5.75 Å². The molecule has 1 atom stereocenters. The Morgan fingerprint density at radius 2 is 1.81 bits per heavy atom. The number of Topliss-reactive ketones (excluding diaryl/α,β-unsaturated/α-hetero) is 1. The lowest BCUT2D eigenvalue weighted by atomic mass is 9.85. The van der Waals surface area contributed by atoms with Crippen molar-refractivity contribution >= 4 is 28.7 Å². The SMILES string of the molecule is NCC(=O)C1(c2ccc3cc(-c4cc(CCC(=O)O)ccc4OCC4CCCC4)ccc3c2)C=CC=N1. The van der Waals surface area contributed by atoms with Crippen LogP contribution in [0.25, 0.3) is 21.9 Å². The molecule has 1 unspecified atom stereocenters. The van der Waals surface area contributed by atoms with E-state index in [1.165, 1.54) is 25.7 Å². The molecule has 3 N–H and O–H groups in total. The molecule has 2 aliphatic rings. The first kappa shape index (κ1) is 24.9. The van der Waals surface area contributed by atoms with Crippen molar-refractivity contribution in [1.82, 2.24) is 0 Å². The molecule has 1 fully saturated rings. The quantitative estimate of drug-likeness (QED) is 0.388. The fraction of sp³-hybridized carbons (Fsp3) is 0.323. The summed E-state index contributed by atoms with van der Waals surface area (Å²) in [6, 6.07) is 18.1. The van der Waals surface area contributed by atoms with Gasteiger partial charge in [-0.25, -0.2) is 0 Å². The Morgan fingerprint density at radius 3 is 2.54 bits per heavy atom. The zero-order valence-electron chi connectivity index (χ0n) is 20.9. The number of carboxylic acids is 1. The maximum atomic E-state index is 12.7. The van der Waals surface area contributed by atoms with Crippen molar-refractivity contribution in [2.24, 2.45) is 16.6 Å². The van der Waals surface area contributed by atoms with Crippen LogP contribution in [0.15, 0.2) is 71.7 Å². The summed E-state index contributed by atoms with van der Waals surface area (Å²) in [6.07, 6.45) is 10.7. The molecular weight excluding hydrogens is 464 g/mol. The first-order valence-electron chi connectivity index (χ1n) is 13.0. The van der Waals surface area contributed by atoms with Crippen molar-refractivity contribution in [3.8, 4) is 16.9 Å². The summed E-state index contributed by atoms with van der Waals surface area (Å²) in [5.41, 5.74) is 8.37. The topological polar surface area (TPSA) is 102 Å². The number of hydrogen-bond donors (Lipinski definition) is 2. The highest BCUT2D eigenvalue weighted by Gasteiger charge is 2.37. The molecule has 0 radical (unpaired) electrons. The predicted molar refractivity (Wildman–Crippen MR) is 146 cm³/mol. The third-order valence-corrected chi connectivity index (χ3v) is 7.52. The normalized spacial score (nSPS) is 19.1. The zero-order valence-corrected chi connectivity index (χ0v) is 20.9. The summed E-state index contributed by atoms with van der Waals surface area (Å²) >= 11 is 0. The second kappa shape index (κ2) is 10.7. The molecule has 0 bridgehead atoms. The van der Waals surface area contributed by atoms with Crippen molar-refractivity contribution < 1.29 is 19.4 Å². The van der Waals surface area contributed by atoms with Gasteiger partial charge in [0.05, 0.1) is 13.2 Å². The van der Waals surface area contributed by atoms with Crippen LogP contribution in [0.1, 0.15) is 43.2 Å². The monoisotopic (exact) mass is 496 g/mol. The van der Waals surface area contributed by atoms with Crippen LogP contribution in [0.2, 0.25) is 0 Å². The summed E-state index contributed by atoms with van der Waals surface area (Å²) in [5, 5.41) is 11.2. The van der Waals surface area contributed by atoms with E-state index in [0.717, 1.165) is 38.8 Å². The number of hydrogen-bond acceptors (Lipinski definition) is 5. The van der Waals surface area contributed by atoms with Crippen LogP contribution in [-0.4, -0.2) is 36.2 Å². The Bertz CT molecular complexity index is 1370. The fourth-order valence-electron chi connectivity index (χ4n) is 5.41. The molecule has 190 valence electrons. The Labute approximate surface area is 216 Å². The van der Waals surface area contributed by atoms with Crippen LogP contribution >= 0.6 is 0 Å². The van der Waals surface area contributed by atoms with Gasteiger partial charge in [0.25, 0.3) is 0 Å². The van der Waals surface area contributed by atoms with Gasteiger partial charge in [-0.05, 0) is 89.1 Å². The van der Waals surface area contributed by atoms with Gasteiger partial charge in [0.15, 0.2) is 11.3 Å². The number of allylic oxidation sites excluding steroid dienone is 1. The lowest BCUT2D eigenvalue weighted by molar-refractivity contribution is -0.137. The molecule has 6 heteroatoms. The molecular formula is C31H32N2O4. The summed E-state index contributed by atoms with van der Waals surface area (Å²) in [7, 11) is 0. The molecule has 0 aromatic heterocycles. The first-order valence-corrected chi connectivity index (χ1v) is 13.0. The first-order chi connectivity index (χ1) is 18.0. The lowest BCUT2D eigenvalue weighted by Crippen LogP contribution is -2.35. The van der Waals surface area contributed by atoms with Crippen LogP contribution in [0.5, 0.6) is 5.75 Å². The van der Waals surface area contributed by atoms with Gasteiger partial charge in [-0.1, -0.05) is 43.2 Å². The molecule has 37 heavy (non-hydrogen) atoms. The van der Waals surface area contributed by atoms with Crippen molar-refractivity contribution in [2.45, 2.75) is 44.1 Å². The summed E-state index contributed by atoms with van der Waals surface area (Å²) in [5.74, 6) is 0.456. The Kier molecular flexibility index (Phi) is 7.19. The molecule has 0 spiro atoms. The molecule has 1 aliphatic carbocycles. The van der Waals surface area contributed by atoms with E-state index in [1.807, 2.05) is 36.4 Å². The third kappa shape index (κ3) is 5.20. The smallest absolute Gasteiger partial charge is 0.303 e. The molecule has 1 saturated carbocycles. The van der Waals surface area contributed by atoms with E-state index in [0.29, 0.717) is 18.9 Å². The number of ketones is 1. The number of carbonyl (C=O) groups excluding carboxylic acids is 1. The van der Waals surface area contributed by atoms with Crippen LogP contribution in [0.4, 0.5) is 0 Å². The number of carboxylic acid groups (broad SMARTS) is 1. The number of fused-ring (bicyclic) bond motifs is 1. The van der Waals surface area contributed by atoms with Crippen molar-refractivity contribution in [1.29, 1.82) is 0 Å². The number of aryl methyl sites for hydroxylation is 1. The highest BCUT2D eigenvalue weighted by Crippen LogP contribution is 2.37. The number of aliphatic carboxylic acids is 1. The average molecular weight is 497 g/mol. The maximum Gasteiger partial charge on any atom is 0.303 e. The largest absolute Gasteiger partial charge is 0.493 e. The Hall–Kier alpha value is -3.77. The molecule has 6 nitrogen and oxygen atoms in total. The summed E-state index contributed by atoms with van der Waals surface area (Å²) in [6.45, 7) is 0.615. The van der Waals surface area contributed by atoms with Crippen molar-refractivity contribution in [3.63, 3.8) is 0 Å². The second-order valence-electron chi connectivity index (χ2n) is 9.99. The molecule has 0 saturated heterocycles. The minimum absolute atomic E-state index is 0.0828. The van der Waals surface area contributed by atoms with Gasteiger partial charge < -0.3 is 15.6 Å². The van der Waals surface area contributed by atoms with E-state index in [4.69, 9.17) is 15.6 Å². The average Bonchev–Trinajstić information content (AvgIpc) is 3.63. The van der Waals surface area contributed by atoms with Gasteiger partial charge in [0.2, 0.25) is 0 Å². The molecule has 3 aromatic rings. The van der Waals surface area contributed by atoms with Crippen LogP contribution in [0.3, 0.4) is 0 Å². The van der Waals surface area contributed by atoms with Gasteiger partial charge in [-0.2, -0.15) is 0 Å². The molecule has 0 amide bonds. The van der Waals surface area contributed by atoms with Gasteiger partial charge in [-0.15, -0.1) is 0 Å². The zero-order chi connectivity index (χ0) is 25.8. The minimum atomic E-state index is -1.05. The minimum Gasteiger partial charge on any atom is -0.493 e. The number of ether oxygens (including phenoxy) is 1. The molecule has 1 heterocycles. The van der Waals surface area contributed by atoms with Crippen LogP contribution in [0, 0.1) is 5.92 Å². The molecule has 1 aliphatic heterocycles. The second-order valence-corrected chi connectivity index (χ2v) is 9.99. The van der Waals surface area contributed by atoms with E-state index in [2.05, 4.69) is 23.2 Å². The number of nitrogens with two attached hydrogens (primary N) is 1. The Balaban J connectivity index is 1.49. The third-order valence-electron chi connectivity index (χ3n) is 7.52. The number of carbonyl (C=O) groups is 2. The van der Waals surface area contributed by atoms with E-state index in [9.17, 15) is 9.59 Å². The van der Waals surface area contributed by atoms with E-state index in [-0.39, 0.29) is 18.7 Å². The van der Waals surface area contributed by atoms with E-state index < -0.39 is 11.5 Å². The molecule has 5 rings (SSSR count).